The molecule has 2 rings (SSSR count). The summed E-state index contributed by atoms with van der Waals surface area (Å²) < 4.78 is 39.9. The molecule has 0 amide bonds. The van der Waals surface area contributed by atoms with Crippen LogP contribution < -0.4 is 4.74 Å². The van der Waals surface area contributed by atoms with Gasteiger partial charge in [-0.25, -0.2) is 4.98 Å². The number of nitrogens with zero attached hydrogens (tertiary/aromatic N) is 1. The second kappa shape index (κ2) is 6.99. The number of halogens is 3. The minimum absolute atomic E-state index is 0.264. The van der Waals surface area contributed by atoms with Gasteiger partial charge in [0.05, 0.1) is 0 Å². The van der Waals surface area contributed by atoms with E-state index in [1.807, 2.05) is 12.1 Å². The van der Waals surface area contributed by atoms with Crippen LogP contribution >= 0.6 is 0 Å². The summed E-state index contributed by atoms with van der Waals surface area (Å²) in [5.41, 5.74) is 2.37. The number of benzene rings is 1. The zero-order valence-corrected chi connectivity index (χ0v) is 11.9. The highest BCUT2D eigenvalue weighted by Gasteiger charge is 2.30. The van der Waals surface area contributed by atoms with Gasteiger partial charge in [-0.05, 0) is 48.2 Å². The maximum atomic E-state index is 12.0. The molecular weight excluding hydrogens is 291 g/mol. The summed E-state index contributed by atoms with van der Waals surface area (Å²) in [6.07, 6.45) is -0.869. The predicted octanol–water partition coefficient (Wildman–Crippen LogP) is 4.33. The van der Waals surface area contributed by atoms with E-state index in [-0.39, 0.29) is 5.75 Å². The van der Waals surface area contributed by atoms with Crippen molar-refractivity contribution in [3.8, 4) is 17.6 Å². The molecule has 1 heterocycles. The smallest absolute Gasteiger partial charge is 0.406 e. The molecule has 0 aliphatic heterocycles. The average Bonchev–Trinajstić information content (AvgIpc) is 2.47. The molecule has 0 spiro atoms. The van der Waals surface area contributed by atoms with E-state index in [0.29, 0.717) is 11.3 Å². The first-order chi connectivity index (χ1) is 10.5. The first kappa shape index (κ1) is 15.9. The van der Waals surface area contributed by atoms with E-state index in [2.05, 4.69) is 28.5 Å². The zero-order chi connectivity index (χ0) is 16.0. The lowest BCUT2D eigenvalue weighted by Crippen LogP contribution is -2.16. The number of rotatable bonds is 3. The first-order valence-electron chi connectivity index (χ1n) is 6.79. The number of hydrogen-bond acceptors (Lipinski definition) is 2. The fourth-order valence-electron chi connectivity index (χ4n) is 1.81. The van der Waals surface area contributed by atoms with Crippen molar-refractivity contribution < 1.29 is 17.9 Å². The molecule has 1 aromatic carbocycles. The molecule has 0 aliphatic rings. The molecule has 2 nitrogen and oxygen atoms in total. The second-order valence-electron chi connectivity index (χ2n) is 4.62. The molecule has 0 aliphatic carbocycles. The summed E-state index contributed by atoms with van der Waals surface area (Å²) in [6.45, 7) is 2.10. The number of aromatic nitrogens is 1. The summed E-state index contributed by atoms with van der Waals surface area (Å²) >= 11 is 0. The van der Waals surface area contributed by atoms with Crippen LogP contribution in [0.5, 0.6) is 5.75 Å². The molecule has 1 aromatic heterocycles. The molecule has 0 atom stereocenters. The average molecular weight is 305 g/mol. The van der Waals surface area contributed by atoms with E-state index in [0.717, 1.165) is 18.4 Å². The maximum absolute atomic E-state index is 12.0. The van der Waals surface area contributed by atoms with Gasteiger partial charge in [-0.15, -0.1) is 13.2 Å². The summed E-state index contributed by atoms with van der Waals surface area (Å²) in [5.74, 6) is 5.46. The highest BCUT2D eigenvalue weighted by Crippen LogP contribution is 2.22. The fourth-order valence-corrected chi connectivity index (χ4v) is 1.81. The summed E-state index contributed by atoms with van der Waals surface area (Å²) in [6, 6.07) is 9.21. The summed E-state index contributed by atoms with van der Waals surface area (Å²) in [5, 5.41) is 0. The van der Waals surface area contributed by atoms with Crippen molar-refractivity contribution in [1.82, 2.24) is 4.98 Å². The predicted molar refractivity (Wildman–Crippen MR) is 77.3 cm³/mol. The van der Waals surface area contributed by atoms with Gasteiger partial charge in [-0.3, -0.25) is 0 Å². The quantitative estimate of drug-likeness (QED) is 0.787. The summed E-state index contributed by atoms with van der Waals surface area (Å²) in [4.78, 5) is 4.23. The lowest BCUT2D eigenvalue weighted by molar-refractivity contribution is -0.274. The minimum atomic E-state index is -4.68. The van der Waals surface area contributed by atoms with Gasteiger partial charge in [0.1, 0.15) is 11.4 Å². The van der Waals surface area contributed by atoms with Crippen molar-refractivity contribution in [2.24, 2.45) is 0 Å². The lowest BCUT2D eigenvalue weighted by Gasteiger charge is -2.07. The van der Waals surface area contributed by atoms with Crippen LogP contribution in [0.25, 0.3) is 0 Å². The third kappa shape index (κ3) is 5.13. The van der Waals surface area contributed by atoms with Gasteiger partial charge in [-0.2, -0.15) is 0 Å². The van der Waals surface area contributed by atoms with Crippen molar-refractivity contribution in [2.75, 3.05) is 0 Å². The van der Waals surface area contributed by atoms with Crippen molar-refractivity contribution in [2.45, 2.75) is 26.1 Å². The van der Waals surface area contributed by atoms with Gasteiger partial charge in [-0.1, -0.05) is 25.3 Å². The van der Waals surface area contributed by atoms with Crippen molar-refractivity contribution in [3.63, 3.8) is 0 Å². The van der Waals surface area contributed by atoms with E-state index >= 15 is 0 Å². The van der Waals surface area contributed by atoms with Crippen LogP contribution in [0.15, 0.2) is 42.6 Å². The van der Waals surface area contributed by atoms with E-state index < -0.39 is 6.36 Å². The van der Waals surface area contributed by atoms with Crippen molar-refractivity contribution >= 4 is 0 Å². The maximum Gasteiger partial charge on any atom is 0.573 e. The Bertz CT molecular complexity index is 664. The molecule has 0 N–H and O–H groups in total. The Morgan fingerprint density at radius 1 is 1.05 bits per heavy atom. The Labute approximate surface area is 127 Å². The van der Waals surface area contributed by atoms with Gasteiger partial charge in [0.2, 0.25) is 0 Å². The number of alkyl halides is 3. The van der Waals surface area contributed by atoms with Gasteiger partial charge < -0.3 is 4.74 Å². The van der Waals surface area contributed by atoms with Crippen LogP contribution in [0, 0.1) is 11.8 Å². The molecule has 114 valence electrons. The number of ether oxygens (including phenoxy) is 1. The number of aryl methyl sites for hydroxylation is 1. The molecule has 0 saturated heterocycles. The Hall–Kier alpha value is -2.48. The topological polar surface area (TPSA) is 22.1 Å². The molecule has 22 heavy (non-hydrogen) atoms. The van der Waals surface area contributed by atoms with Crippen LogP contribution in [0.3, 0.4) is 0 Å². The Morgan fingerprint density at radius 3 is 2.32 bits per heavy atom. The molecule has 0 radical (unpaired) electrons. The van der Waals surface area contributed by atoms with Crippen LogP contribution in [0.2, 0.25) is 0 Å². The second-order valence-corrected chi connectivity index (χ2v) is 4.62. The highest BCUT2D eigenvalue weighted by molar-refractivity contribution is 5.42. The molecule has 0 fully saturated rings. The van der Waals surface area contributed by atoms with Crippen molar-refractivity contribution in [3.05, 3.63) is 59.4 Å². The Balaban J connectivity index is 2.05. The molecule has 5 heteroatoms. The highest BCUT2D eigenvalue weighted by atomic mass is 19.4. The number of pyridine rings is 1. The third-order valence-corrected chi connectivity index (χ3v) is 2.79. The Kier molecular flexibility index (Phi) is 5.05. The largest absolute Gasteiger partial charge is 0.573 e. The third-order valence-electron chi connectivity index (χ3n) is 2.79. The molecule has 0 saturated carbocycles. The first-order valence-corrected chi connectivity index (χ1v) is 6.79. The normalized spacial score (nSPS) is 10.7. The van der Waals surface area contributed by atoms with E-state index in [4.69, 9.17) is 0 Å². The SMILES string of the molecule is CCCc1ccc(C#Cc2ccc(OC(F)(F)F)cc2)nc1. The van der Waals surface area contributed by atoms with Crippen LogP contribution in [0.1, 0.15) is 30.2 Å². The van der Waals surface area contributed by atoms with E-state index in [9.17, 15) is 13.2 Å². The van der Waals surface area contributed by atoms with E-state index in [1.54, 1.807) is 6.20 Å². The number of hydrogen-bond donors (Lipinski definition) is 0. The molecule has 0 bridgehead atoms. The van der Waals surface area contributed by atoms with Crippen molar-refractivity contribution in [1.29, 1.82) is 0 Å². The zero-order valence-electron chi connectivity index (χ0n) is 11.9. The van der Waals surface area contributed by atoms with Gasteiger partial charge in [0, 0.05) is 11.8 Å². The van der Waals surface area contributed by atoms with Crippen LogP contribution in [-0.4, -0.2) is 11.3 Å². The molecule has 2 aromatic rings. The minimum Gasteiger partial charge on any atom is -0.406 e. The van der Waals surface area contributed by atoms with Gasteiger partial charge in [0.25, 0.3) is 0 Å². The standard InChI is InChI=1S/C17H14F3NO/c1-2-3-14-5-9-15(21-12-14)8-4-13-6-10-16(11-7-13)22-17(18,19)20/h5-7,9-12H,2-3H2,1H3. The lowest BCUT2D eigenvalue weighted by atomic mass is 10.1. The van der Waals surface area contributed by atoms with Crippen LogP contribution in [0.4, 0.5) is 13.2 Å². The molecule has 0 unspecified atom stereocenters. The van der Waals surface area contributed by atoms with E-state index in [1.165, 1.54) is 24.3 Å². The van der Waals surface area contributed by atoms with Gasteiger partial charge in [0.15, 0.2) is 0 Å². The fraction of sp³-hybridized carbons (Fsp3) is 0.235. The molecular formula is C17H14F3NO. The summed E-state index contributed by atoms with van der Waals surface area (Å²) in [7, 11) is 0. The van der Waals surface area contributed by atoms with Crippen LogP contribution in [-0.2, 0) is 6.42 Å². The Morgan fingerprint density at radius 2 is 1.77 bits per heavy atom. The van der Waals surface area contributed by atoms with Gasteiger partial charge >= 0.3 is 6.36 Å². The monoisotopic (exact) mass is 305 g/mol.